The van der Waals surface area contributed by atoms with Crippen LogP contribution in [0.4, 0.5) is 0 Å². The first-order chi connectivity index (χ1) is 8.35. The number of benzene rings is 1. The SMILES string of the molecule is COc1cc(OC(C)(C)C)cc(C(O)N=C=O)c1. The molecule has 1 rings (SSSR count). The van der Waals surface area contributed by atoms with Crippen molar-refractivity contribution in [2.45, 2.75) is 32.6 Å². The van der Waals surface area contributed by atoms with E-state index in [-0.39, 0.29) is 5.60 Å². The Hall–Kier alpha value is -1.84. The highest BCUT2D eigenvalue weighted by molar-refractivity contribution is 5.41. The fourth-order valence-corrected chi connectivity index (χ4v) is 1.40. The lowest BCUT2D eigenvalue weighted by Crippen LogP contribution is -2.23. The Morgan fingerprint density at radius 2 is 1.89 bits per heavy atom. The van der Waals surface area contributed by atoms with Crippen LogP contribution in [0, 0.1) is 0 Å². The summed E-state index contributed by atoms with van der Waals surface area (Å²) < 4.78 is 10.8. The van der Waals surface area contributed by atoms with E-state index in [1.807, 2.05) is 20.8 Å². The molecule has 0 aromatic heterocycles. The Morgan fingerprint density at radius 1 is 1.28 bits per heavy atom. The van der Waals surface area contributed by atoms with Crippen molar-refractivity contribution in [3.8, 4) is 11.5 Å². The molecule has 1 N–H and O–H groups in total. The van der Waals surface area contributed by atoms with Gasteiger partial charge in [-0.1, -0.05) is 0 Å². The van der Waals surface area contributed by atoms with E-state index in [9.17, 15) is 9.90 Å². The molecule has 5 heteroatoms. The average molecular weight is 251 g/mol. The largest absolute Gasteiger partial charge is 0.497 e. The monoisotopic (exact) mass is 251 g/mol. The topological polar surface area (TPSA) is 68.1 Å². The second-order valence-electron chi connectivity index (χ2n) is 4.75. The van der Waals surface area contributed by atoms with Gasteiger partial charge in [-0.15, -0.1) is 0 Å². The number of hydrogen-bond donors (Lipinski definition) is 1. The summed E-state index contributed by atoms with van der Waals surface area (Å²) in [5.74, 6) is 1.06. The average Bonchev–Trinajstić information content (AvgIpc) is 2.26. The number of aliphatic hydroxyl groups is 1. The van der Waals surface area contributed by atoms with Crippen molar-refractivity contribution in [1.29, 1.82) is 0 Å². The quantitative estimate of drug-likeness (QED) is 0.658. The van der Waals surface area contributed by atoms with Crippen molar-refractivity contribution in [2.24, 2.45) is 4.99 Å². The predicted molar refractivity (Wildman–Crippen MR) is 66.5 cm³/mol. The number of hydrogen-bond acceptors (Lipinski definition) is 5. The van der Waals surface area contributed by atoms with Gasteiger partial charge < -0.3 is 14.6 Å². The van der Waals surface area contributed by atoms with Crippen LogP contribution in [0.2, 0.25) is 0 Å². The van der Waals surface area contributed by atoms with Gasteiger partial charge in [-0.25, -0.2) is 4.79 Å². The summed E-state index contributed by atoms with van der Waals surface area (Å²) in [4.78, 5) is 13.4. The number of aliphatic hydroxyl groups excluding tert-OH is 1. The summed E-state index contributed by atoms with van der Waals surface area (Å²) in [6, 6.07) is 4.90. The number of nitrogens with zero attached hydrogens (tertiary/aromatic N) is 1. The van der Waals surface area contributed by atoms with Crippen molar-refractivity contribution < 1.29 is 19.4 Å². The van der Waals surface area contributed by atoms with E-state index in [2.05, 4.69) is 4.99 Å². The second-order valence-corrected chi connectivity index (χ2v) is 4.75. The van der Waals surface area contributed by atoms with E-state index in [1.165, 1.54) is 13.2 Å². The molecule has 18 heavy (non-hydrogen) atoms. The van der Waals surface area contributed by atoms with Gasteiger partial charge >= 0.3 is 0 Å². The fraction of sp³-hybridized carbons (Fsp3) is 0.462. The molecule has 0 aliphatic carbocycles. The maximum absolute atomic E-state index is 10.1. The lowest BCUT2D eigenvalue weighted by atomic mass is 10.1. The molecule has 1 unspecified atom stereocenters. The molecular formula is C13H17NO4. The predicted octanol–water partition coefficient (Wildman–Crippen LogP) is 2.20. The molecule has 5 nitrogen and oxygen atoms in total. The normalized spacial score (nSPS) is 12.5. The van der Waals surface area contributed by atoms with Gasteiger partial charge in [0.05, 0.1) is 7.11 Å². The summed E-state index contributed by atoms with van der Waals surface area (Å²) in [6.45, 7) is 5.73. The van der Waals surface area contributed by atoms with Crippen LogP contribution in [0.25, 0.3) is 0 Å². The van der Waals surface area contributed by atoms with Crippen molar-refractivity contribution >= 4 is 6.08 Å². The van der Waals surface area contributed by atoms with Gasteiger partial charge in [-0.2, -0.15) is 4.99 Å². The Balaban J connectivity index is 3.12. The molecule has 0 aliphatic heterocycles. The van der Waals surface area contributed by atoms with Crippen molar-refractivity contribution in [3.05, 3.63) is 23.8 Å². The summed E-state index contributed by atoms with van der Waals surface area (Å²) in [5.41, 5.74) is 0.0413. The molecule has 0 amide bonds. The molecule has 0 spiro atoms. The smallest absolute Gasteiger partial charge is 0.238 e. The maximum atomic E-state index is 10.1. The van der Waals surface area contributed by atoms with E-state index in [0.717, 1.165) is 0 Å². The molecule has 1 aromatic carbocycles. The molecule has 0 saturated heterocycles. The first kappa shape index (κ1) is 14.2. The van der Waals surface area contributed by atoms with Gasteiger partial charge in [-0.05, 0) is 32.9 Å². The van der Waals surface area contributed by atoms with E-state index in [0.29, 0.717) is 17.1 Å². The molecule has 0 aliphatic rings. The van der Waals surface area contributed by atoms with Crippen LogP contribution in [0.15, 0.2) is 23.2 Å². The number of methoxy groups -OCH3 is 1. The van der Waals surface area contributed by atoms with Crippen molar-refractivity contribution in [2.75, 3.05) is 7.11 Å². The van der Waals surface area contributed by atoms with Gasteiger partial charge in [0.1, 0.15) is 17.1 Å². The molecule has 0 heterocycles. The molecule has 0 saturated carbocycles. The molecule has 1 aromatic rings. The minimum atomic E-state index is -1.26. The minimum absolute atomic E-state index is 0.373. The van der Waals surface area contributed by atoms with Crippen LogP contribution in [0.3, 0.4) is 0 Å². The summed E-state index contributed by atoms with van der Waals surface area (Å²) in [5, 5.41) is 9.62. The minimum Gasteiger partial charge on any atom is -0.497 e. The number of aliphatic imine (C=N–C) groups is 1. The lowest BCUT2D eigenvalue weighted by molar-refractivity contribution is 0.129. The molecular weight excluding hydrogens is 234 g/mol. The molecule has 98 valence electrons. The molecule has 0 bridgehead atoms. The lowest BCUT2D eigenvalue weighted by Gasteiger charge is -2.22. The third kappa shape index (κ3) is 4.20. The third-order valence-electron chi connectivity index (χ3n) is 2.04. The van der Waals surface area contributed by atoms with Crippen molar-refractivity contribution in [3.63, 3.8) is 0 Å². The van der Waals surface area contributed by atoms with Crippen LogP contribution in [0.1, 0.15) is 32.6 Å². The van der Waals surface area contributed by atoms with Gasteiger partial charge in [0, 0.05) is 11.6 Å². The van der Waals surface area contributed by atoms with Gasteiger partial charge in [0.2, 0.25) is 6.08 Å². The molecule has 0 fully saturated rings. The Kier molecular flexibility index (Phi) is 4.48. The first-order valence-corrected chi connectivity index (χ1v) is 5.49. The highest BCUT2D eigenvalue weighted by Crippen LogP contribution is 2.29. The summed E-state index contributed by atoms with van der Waals surface area (Å²) in [6.07, 6.45) is 0.0505. The number of rotatable bonds is 4. The summed E-state index contributed by atoms with van der Waals surface area (Å²) in [7, 11) is 1.51. The van der Waals surface area contributed by atoms with Gasteiger partial charge in [0.15, 0.2) is 6.23 Å². The number of isocyanates is 1. The number of ether oxygens (including phenoxy) is 2. The zero-order valence-corrected chi connectivity index (χ0v) is 10.9. The van der Waals surface area contributed by atoms with E-state index in [1.54, 1.807) is 18.2 Å². The van der Waals surface area contributed by atoms with Crippen LogP contribution in [0.5, 0.6) is 11.5 Å². The second kappa shape index (κ2) is 5.67. The third-order valence-corrected chi connectivity index (χ3v) is 2.04. The van der Waals surface area contributed by atoms with E-state index < -0.39 is 6.23 Å². The van der Waals surface area contributed by atoms with Crippen LogP contribution in [-0.4, -0.2) is 23.9 Å². The number of carbonyl (C=O) groups excluding carboxylic acids is 1. The first-order valence-electron chi connectivity index (χ1n) is 5.49. The van der Waals surface area contributed by atoms with E-state index >= 15 is 0 Å². The van der Waals surface area contributed by atoms with Gasteiger partial charge in [-0.3, -0.25) is 0 Å². The molecule has 0 radical (unpaired) electrons. The van der Waals surface area contributed by atoms with Crippen LogP contribution >= 0.6 is 0 Å². The van der Waals surface area contributed by atoms with Crippen LogP contribution < -0.4 is 9.47 Å². The Labute approximate surface area is 106 Å². The van der Waals surface area contributed by atoms with Crippen molar-refractivity contribution in [1.82, 2.24) is 0 Å². The fourth-order valence-electron chi connectivity index (χ4n) is 1.40. The Bertz CT molecular complexity index is 459. The summed E-state index contributed by atoms with van der Waals surface area (Å²) >= 11 is 0. The Morgan fingerprint density at radius 3 is 2.39 bits per heavy atom. The zero-order chi connectivity index (χ0) is 13.8. The zero-order valence-electron chi connectivity index (χ0n) is 10.9. The standard InChI is InChI=1S/C13H17NO4/c1-13(2,3)18-11-6-9(12(16)14-8-15)5-10(7-11)17-4/h5-7,12,16H,1-4H3. The highest BCUT2D eigenvalue weighted by atomic mass is 16.5. The highest BCUT2D eigenvalue weighted by Gasteiger charge is 2.15. The van der Waals surface area contributed by atoms with E-state index in [4.69, 9.17) is 9.47 Å². The van der Waals surface area contributed by atoms with Crippen LogP contribution in [-0.2, 0) is 4.79 Å². The maximum Gasteiger partial charge on any atom is 0.238 e. The van der Waals surface area contributed by atoms with Gasteiger partial charge in [0.25, 0.3) is 0 Å². The molecule has 1 atom stereocenters.